The Balaban J connectivity index is 0.000000583. The third kappa shape index (κ3) is 26.5. The molecule has 0 atom stereocenters. The highest BCUT2D eigenvalue weighted by atomic mass is 35.5. The molecule has 21 heteroatoms. The second-order valence-electron chi connectivity index (χ2n) is 19.7. The summed E-state index contributed by atoms with van der Waals surface area (Å²) >= 11 is 5.29. The number of aromatic carboxylic acids is 1. The molecule has 91 heavy (non-hydrogen) atoms. The van der Waals surface area contributed by atoms with E-state index in [0.717, 1.165) is 44.5 Å². The number of carbonyl (C=O) groups excluding carboxylic acids is 8. The van der Waals surface area contributed by atoms with Crippen LogP contribution in [0.5, 0.6) is 5.88 Å². The largest absolute Gasteiger partial charge is 0.494 e. The van der Waals surface area contributed by atoms with Crippen LogP contribution < -0.4 is 10.6 Å². The van der Waals surface area contributed by atoms with E-state index < -0.39 is 40.4 Å². The number of amides is 2. The summed E-state index contributed by atoms with van der Waals surface area (Å²) in [5, 5.41) is 19.0. The molecule has 1 aliphatic rings. The van der Waals surface area contributed by atoms with Gasteiger partial charge in [0.15, 0.2) is 5.78 Å². The average Bonchev–Trinajstić information content (AvgIpc) is 1.64. The van der Waals surface area contributed by atoms with Crippen molar-refractivity contribution in [3.05, 3.63) is 201 Å². The molecule has 2 amide bonds. The van der Waals surface area contributed by atoms with Crippen LogP contribution in [0.2, 0.25) is 0 Å². The molecule has 8 rings (SSSR count). The van der Waals surface area contributed by atoms with E-state index in [9.17, 15) is 57.0 Å². The molecule has 0 saturated heterocycles. The summed E-state index contributed by atoms with van der Waals surface area (Å²) in [5.74, 6) is -5.09. The van der Waals surface area contributed by atoms with Crippen LogP contribution in [0.3, 0.4) is 0 Å². The van der Waals surface area contributed by atoms with Gasteiger partial charge in [0.25, 0.3) is 5.24 Å². The molecular formula is C70H83ClF2N4O14. The van der Waals surface area contributed by atoms with Crippen molar-refractivity contribution < 1.29 is 76.4 Å². The van der Waals surface area contributed by atoms with Crippen LogP contribution >= 0.6 is 11.6 Å². The lowest BCUT2D eigenvalue weighted by atomic mass is 10.00. The average molecular weight is 1280 g/mol. The zero-order chi connectivity index (χ0) is 66.3. The number of halogens is 3. The van der Waals surface area contributed by atoms with Gasteiger partial charge in [-0.15, -0.1) is 0 Å². The Labute approximate surface area is 536 Å². The molecule has 488 valence electrons. The monoisotopic (exact) mass is 1280 g/mol. The summed E-state index contributed by atoms with van der Waals surface area (Å²) in [6.45, 7) is 14.0. The van der Waals surface area contributed by atoms with Crippen molar-refractivity contribution in [3.63, 3.8) is 0 Å². The Bertz CT molecular complexity index is 3570. The fourth-order valence-electron chi connectivity index (χ4n) is 8.21. The molecule has 1 aromatic heterocycles. The molecule has 0 unspecified atom stereocenters. The van der Waals surface area contributed by atoms with Gasteiger partial charge in [0, 0.05) is 61.5 Å². The van der Waals surface area contributed by atoms with Gasteiger partial charge >= 0.3 is 23.9 Å². The number of aromatic hydroxyl groups is 1. The number of rotatable bonds is 17. The minimum atomic E-state index is -0.947. The number of carbonyl (C=O) groups is 9. The highest BCUT2D eigenvalue weighted by Gasteiger charge is 2.30. The number of carboxylic acids is 1. The van der Waals surface area contributed by atoms with E-state index in [4.69, 9.17) is 36.7 Å². The molecule has 18 nitrogen and oxygen atoms in total. The Hall–Kier alpha value is -9.66. The van der Waals surface area contributed by atoms with Crippen molar-refractivity contribution in [2.45, 2.75) is 108 Å². The molecule has 6 aromatic carbocycles. The number of anilines is 2. The fraction of sp³-hybridized carbons (Fsp3) is 0.300. The van der Waals surface area contributed by atoms with Crippen molar-refractivity contribution in [3.8, 4) is 5.88 Å². The van der Waals surface area contributed by atoms with Gasteiger partial charge in [0.05, 0.1) is 48.6 Å². The minimum absolute atomic E-state index is 0. The number of aromatic nitrogens is 1. The number of ether oxygens (including phenoxy) is 3. The first kappa shape index (κ1) is 79.4. The Morgan fingerprint density at radius 1 is 0.637 bits per heavy atom. The Morgan fingerprint density at radius 2 is 1.11 bits per heavy atom. The topological polar surface area (TPSA) is 259 Å². The fourth-order valence-corrected chi connectivity index (χ4v) is 8.34. The number of benzene rings is 6. The van der Waals surface area contributed by atoms with Crippen molar-refractivity contribution in [2.24, 2.45) is 0 Å². The quantitative estimate of drug-likeness (QED) is 0.0191. The van der Waals surface area contributed by atoms with E-state index in [1.54, 1.807) is 87.5 Å². The molecule has 0 radical (unpaired) electrons. The molecule has 0 aliphatic carbocycles. The lowest BCUT2D eigenvalue weighted by molar-refractivity contribution is -0.144. The van der Waals surface area contributed by atoms with Crippen LogP contribution in [-0.2, 0) is 64.0 Å². The van der Waals surface area contributed by atoms with E-state index in [1.807, 2.05) is 12.1 Å². The number of carboxylic acid groups (broad SMARTS) is 1. The highest BCUT2D eigenvalue weighted by Crippen LogP contribution is 2.34. The number of imide groups is 1. The molecule has 0 bridgehead atoms. The second-order valence-corrected chi connectivity index (χ2v) is 20.1. The van der Waals surface area contributed by atoms with Crippen LogP contribution in [-0.4, -0.2) is 106 Å². The van der Waals surface area contributed by atoms with Crippen molar-refractivity contribution in [1.82, 2.24) is 9.47 Å². The SMILES string of the molecule is C.C.CC(=O)N1C(=O)Cc2ccc(F)cc21.CCC.CCOC(=O)/C=C/c1ccc(C(=O)Cl)cc1.CCOC(=O)CCc1ccc(C(=O)O)cc1.CCOC(=O)CCc1ccc(C(=O)c2c(O)n(C(C)=O)c3cc(F)ccc23)cc1.CN(C)Cc1ccc(N)cc1. The summed E-state index contributed by atoms with van der Waals surface area (Å²) in [4.78, 5) is 105. The van der Waals surface area contributed by atoms with Crippen LogP contribution in [0.4, 0.5) is 20.2 Å². The number of nitrogens with two attached hydrogens (primary N) is 1. The Morgan fingerprint density at radius 3 is 1.57 bits per heavy atom. The zero-order valence-electron chi connectivity index (χ0n) is 51.3. The van der Waals surface area contributed by atoms with Crippen molar-refractivity contribution in [1.29, 1.82) is 0 Å². The van der Waals surface area contributed by atoms with Crippen molar-refractivity contribution in [2.75, 3.05) is 44.5 Å². The molecular weight excluding hydrogens is 1190 g/mol. The van der Waals surface area contributed by atoms with E-state index in [-0.39, 0.29) is 79.4 Å². The number of ketones is 1. The first-order chi connectivity index (χ1) is 42.3. The number of esters is 3. The maximum atomic E-state index is 13.6. The minimum Gasteiger partial charge on any atom is -0.494 e. The summed E-state index contributed by atoms with van der Waals surface area (Å²) < 4.78 is 41.8. The number of fused-ring (bicyclic) bond motifs is 2. The van der Waals surface area contributed by atoms with Gasteiger partial charge in [-0.1, -0.05) is 102 Å². The molecule has 0 fully saturated rings. The lowest BCUT2D eigenvalue weighted by Gasteiger charge is -2.12. The summed E-state index contributed by atoms with van der Waals surface area (Å²) in [6, 6.07) is 35.3. The smallest absolute Gasteiger partial charge is 0.335 e. The van der Waals surface area contributed by atoms with E-state index in [2.05, 4.69) is 45.0 Å². The summed E-state index contributed by atoms with van der Waals surface area (Å²) in [5.41, 5.74) is 12.4. The van der Waals surface area contributed by atoms with Gasteiger partial charge in [0.1, 0.15) is 11.6 Å². The number of aryl methyl sites for hydroxylation is 2. The number of nitrogen functional groups attached to an aromatic ring is 1. The maximum Gasteiger partial charge on any atom is 0.335 e. The van der Waals surface area contributed by atoms with Gasteiger partial charge in [-0.05, 0) is 160 Å². The van der Waals surface area contributed by atoms with Gasteiger partial charge in [-0.25, -0.2) is 22.9 Å². The van der Waals surface area contributed by atoms with E-state index in [0.29, 0.717) is 61.5 Å². The Kier molecular flexibility index (Phi) is 35.6. The van der Waals surface area contributed by atoms with Gasteiger partial charge in [0.2, 0.25) is 23.6 Å². The molecule has 0 saturated carbocycles. The maximum absolute atomic E-state index is 13.6. The van der Waals surface area contributed by atoms with Crippen LogP contribution in [0.15, 0.2) is 140 Å². The second kappa shape index (κ2) is 40.8. The first-order valence-corrected chi connectivity index (χ1v) is 28.7. The zero-order valence-corrected chi connectivity index (χ0v) is 52.0. The van der Waals surface area contributed by atoms with Crippen LogP contribution in [0.25, 0.3) is 17.0 Å². The molecule has 0 spiro atoms. The number of hydrogen-bond donors (Lipinski definition) is 3. The molecule has 2 heterocycles. The third-order valence-corrected chi connectivity index (χ3v) is 12.4. The standard InChI is InChI=1S/C22H20FNO5.C12H11ClO3.C12H14O4.C10H8FNO2.C9H14N2.C3H8.2CH4/c1-3-29-19(26)11-6-14-4-7-15(8-5-14)21(27)20-17-10-9-16(23)12-18(17)24(13(2)25)22(20)28;1-2-16-11(14)8-5-9-3-6-10(7-4-9)12(13)15;1-2-16-11(13)8-5-9-3-6-10(7-4-9)12(14)15;1-6(13)12-9-5-8(11)3-2-7(9)4-10(12)14;1-11(2)7-8-3-5-9(10)6-4-8;1-3-2;;/h4-5,7-10,12,28H,3,6,11H2,1-2H3;3-8H,2H2,1H3;3-4,6-7H,2,5,8H2,1H3,(H,14,15);2-3,5H,4H2,1H3;3-6H,7,10H2,1-2H3;3H2,1-2H3;2*1H4/b;8-5+;;;;;;. The van der Waals surface area contributed by atoms with Crippen LogP contribution in [0.1, 0.15) is 152 Å². The number of hydrogen-bond acceptors (Lipinski definition) is 15. The van der Waals surface area contributed by atoms with Gasteiger partial charge < -0.3 is 35.1 Å². The van der Waals surface area contributed by atoms with Gasteiger partial charge in [-0.3, -0.25) is 38.5 Å². The predicted octanol–water partition coefficient (Wildman–Crippen LogP) is 13.7. The predicted molar refractivity (Wildman–Crippen MR) is 351 cm³/mol. The first-order valence-electron chi connectivity index (χ1n) is 28.4. The van der Waals surface area contributed by atoms with E-state index in [1.165, 1.54) is 74.4 Å². The summed E-state index contributed by atoms with van der Waals surface area (Å²) in [6.07, 6.45) is 5.97. The molecule has 1 aliphatic heterocycles. The molecule has 4 N–H and O–H groups in total. The van der Waals surface area contributed by atoms with Gasteiger partial charge in [-0.2, -0.15) is 0 Å². The summed E-state index contributed by atoms with van der Waals surface area (Å²) in [7, 11) is 4.10. The van der Waals surface area contributed by atoms with Crippen LogP contribution in [0, 0.1) is 11.6 Å². The van der Waals surface area contributed by atoms with E-state index >= 15 is 0 Å². The lowest BCUT2D eigenvalue weighted by Crippen LogP contribution is -2.31. The normalized spacial score (nSPS) is 10.7. The molecule has 7 aromatic rings. The van der Waals surface area contributed by atoms with Crippen molar-refractivity contribution >= 4 is 92.6 Å². The highest BCUT2D eigenvalue weighted by molar-refractivity contribution is 6.67. The number of nitrogens with zero attached hydrogens (tertiary/aromatic N) is 3. The third-order valence-electron chi connectivity index (χ3n) is 12.2.